The molecular weight excluding hydrogens is 366 g/mol. The third kappa shape index (κ3) is 6.32. The SMILES string of the molecule is COc1ccc(C(NCC(=O)NC(=O)NC2CCCCC2)c2ccccc2)cc1. The van der Waals surface area contributed by atoms with E-state index in [0.29, 0.717) is 0 Å². The Hall–Kier alpha value is -2.86. The third-order valence-corrected chi connectivity index (χ3v) is 5.24. The number of hydrogen-bond donors (Lipinski definition) is 3. The van der Waals surface area contributed by atoms with E-state index in [2.05, 4.69) is 16.0 Å². The summed E-state index contributed by atoms with van der Waals surface area (Å²) in [5, 5.41) is 8.60. The molecule has 6 heteroatoms. The molecule has 2 aromatic rings. The molecule has 0 heterocycles. The van der Waals surface area contributed by atoms with Gasteiger partial charge in [0.1, 0.15) is 5.75 Å². The smallest absolute Gasteiger partial charge is 0.321 e. The average Bonchev–Trinajstić information content (AvgIpc) is 2.75. The number of methoxy groups -OCH3 is 1. The summed E-state index contributed by atoms with van der Waals surface area (Å²) in [7, 11) is 1.63. The maximum absolute atomic E-state index is 12.3. The van der Waals surface area contributed by atoms with Gasteiger partial charge in [-0.05, 0) is 36.1 Å². The zero-order valence-corrected chi connectivity index (χ0v) is 16.8. The Balaban J connectivity index is 1.58. The number of imide groups is 1. The minimum atomic E-state index is -0.413. The van der Waals surface area contributed by atoms with Crippen molar-refractivity contribution < 1.29 is 14.3 Å². The summed E-state index contributed by atoms with van der Waals surface area (Å²) in [5.74, 6) is 0.422. The lowest BCUT2D eigenvalue weighted by atomic mass is 9.96. The van der Waals surface area contributed by atoms with Crippen LogP contribution < -0.4 is 20.7 Å². The van der Waals surface area contributed by atoms with Gasteiger partial charge >= 0.3 is 6.03 Å². The number of nitrogens with one attached hydrogen (secondary N) is 3. The van der Waals surface area contributed by atoms with Crippen molar-refractivity contribution >= 4 is 11.9 Å². The summed E-state index contributed by atoms with van der Waals surface area (Å²) in [6, 6.07) is 17.2. The largest absolute Gasteiger partial charge is 0.497 e. The number of ether oxygens (including phenoxy) is 1. The third-order valence-electron chi connectivity index (χ3n) is 5.24. The minimum Gasteiger partial charge on any atom is -0.497 e. The van der Waals surface area contributed by atoms with Crippen LogP contribution in [0.5, 0.6) is 5.75 Å². The molecule has 1 fully saturated rings. The van der Waals surface area contributed by atoms with Gasteiger partial charge in [-0.25, -0.2) is 4.79 Å². The maximum atomic E-state index is 12.3. The first-order chi connectivity index (χ1) is 14.2. The molecule has 154 valence electrons. The van der Waals surface area contributed by atoms with E-state index in [1.165, 1.54) is 6.42 Å². The fourth-order valence-corrected chi connectivity index (χ4v) is 3.70. The van der Waals surface area contributed by atoms with Crippen molar-refractivity contribution in [2.75, 3.05) is 13.7 Å². The summed E-state index contributed by atoms with van der Waals surface area (Å²) < 4.78 is 5.23. The molecule has 29 heavy (non-hydrogen) atoms. The van der Waals surface area contributed by atoms with Crippen LogP contribution in [-0.4, -0.2) is 31.6 Å². The second-order valence-electron chi connectivity index (χ2n) is 7.35. The lowest BCUT2D eigenvalue weighted by Gasteiger charge is -2.23. The van der Waals surface area contributed by atoms with Gasteiger partial charge in [-0.1, -0.05) is 61.7 Å². The molecule has 1 aliphatic carbocycles. The van der Waals surface area contributed by atoms with Gasteiger partial charge in [0, 0.05) is 6.04 Å². The second-order valence-corrected chi connectivity index (χ2v) is 7.35. The summed E-state index contributed by atoms with van der Waals surface area (Å²) >= 11 is 0. The summed E-state index contributed by atoms with van der Waals surface area (Å²) in [4.78, 5) is 24.4. The molecule has 0 radical (unpaired) electrons. The Morgan fingerprint density at radius 3 is 2.28 bits per heavy atom. The van der Waals surface area contributed by atoms with Crippen LogP contribution in [0.4, 0.5) is 4.79 Å². The summed E-state index contributed by atoms with van der Waals surface area (Å²) in [6.07, 6.45) is 5.43. The molecule has 2 aromatic carbocycles. The van der Waals surface area contributed by atoms with Crippen molar-refractivity contribution in [2.24, 2.45) is 0 Å². The Kier molecular flexibility index (Phi) is 7.64. The monoisotopic (exact) mass is 395 g/mol. The minimum absolute atomic E-state index is 0.0314. The number of carbonyl (C=O) groups is 2. The van der Waals surface area contributed by atoms with Gasteiger partial charge in [0.15, 0.2) is 0 Å². The van der Waals surface area contributed by atoms with E-state index >= 15 is 0 Å². The van der Waals surface area contributed by atoms with Crippen LogP contribution in [-0.2, 0) is 4.79 Å². The molecule has 6 nitrogen and oxygen atoms in total. The van der Waals surface area contributed by atoms with Crippen molar-refractivity contribution in [3.63, 3.8) is 0 Å². The van der Waals surface area contributed by atoms with Crippen molar-refractivity contribution in [3.05, 3.63) is 65.7 Å². The zero-order chi connectivity index (χ0) is 20.5. The predicted octanol–water partition coefficient (Wildman–Crippen LogP) is 3.53. The summed E-state index contributed by atoms with van der Waals surface area (Å²) in [6.45, 7) is 0.0314. The molecule has 0 spiro atoms. The van der Waals surface area contributed by atoms with Gasteiger partial charge in [-0.2, -0.15) is 0 Å². The highest BCUT2D eigenvalue weighted by Gasteiger charge is 2.19. The Labute approximate surface area is 172 Å². The highest BCUT2D eigenvalue weighted by Crippen LogP contribution is 2.24. The van der Waals surface area contributed by atoms with Crippen LogP contribution in [0.25, 0.3) is 0 Å². The van der Waals surface area contributed by atoms with Crippen molar-refractivity contribution in [1.29, 1.82) is 0 Å². The summed E-state index contributed by atoms with van der Waals surface area (Å²) in [5.41, 5.74) is 2.05. The highest BCUT2D eigenvalue weighted by atomic mass is 16.5. The van der Waals surface area contributed by atoms with Crippen LogP contribution in [0.15, 0.2) is 54.6 Å². The molecule has 0 aromatic heterocycles. The Morgan fingerprint density at radius 2 is 1.62 bits per heavy atom. The van der Waals surface area contributed by atoms with E-state index in [9.17, 15) is 9.59 Å². The molecule has 1 aliphatic rings. The molecule has 1 unspecified atom stereocenters. The molecule has 0 bridgehead atoms. The van der Waals surface area contributed by atoms with E-state index in [1.54, 1.807) is 7.11 Å². The second kappa shape index (κ2) is 10.6. The number of rotatable bonds is 7. The van der Waals surface area contributed by atoms with Crippen molar-refractivity contribution in [1.82, 2.24) is 16.0 Å². The standard InChI is InChI=1S/C23H29N3O3/c1-29-20-14-12-18(13-15-20)22(17-8-4-2-5-9-17)24-16-21(27)26-23(28)25-19-10-6-3-7-11-19/h2,4-5,8-9,12-15,19,22,24H,3,6-7,10-11,16H2,1H3,(H2,25,26,27,28). The highest BCUT2D eigenvalue weighted by molar-refractivity contribution is 5.95. The normalized spacial score (nSPS) is 15.3. The van der Waals surface area contributed by atoms with Gasteiger partial charge in [-0.3, -0.25) is 15.4 Å². The van der Waals surface area contributed by atoms with E-state index in [-0.39, 0.29) is 24.5 Å². The molecule has 3 amide bonds. The number of carbonyl (C=O) groups excluding carboxylic acids is 2. The van der Waals surface area contributed by atoms with Gasteiger partial charge in [0.2, 0.25) is 5.91 Å². The van der Waals surface area contributed by atoms with E-state index < -0.39 is 6.03 Å². The van der Waals surface area contributed by atoms with E-state index in [1.807, 2.05) is 54.6 Å². The average molecular weight is 396 g/mol. The van der Waals surface area contributed by atoms with Crippen LogP contribution in [0.2, 0.25) is 0 Å². The molecule has 3 rings (SSSR count). The molecule has 1 atom stereocenters. The quantitative estimate of drug-likeness (QED) is 0.670. The molecular formula is C23H29N3O3. The fourth-order valence-electron chi connectivity index (χ4n) is 3.70. The molecule has 3 N–H and O–H groups in total. The van der Waals surface area contributed by atoms with Gasteiger partial charge in [-0.15, -0.1) is 0 Å². The van der Waals surface area contributed by atoms with Crippen LogP contribution >= 0.6 is 0 Å². The first-order valence-electron chi connectivity index (χ1n) is 10.2. The number of amides is 3. The maximum Gasteiger partial charge on any atom is 0.321 e. The lowest BCUT2D eigenvalue weighted by Crippen LogP contribution is -2.47. The van der Waals surface area contributed by atoms with Crippen LogP contribution in [0, 0.1) is 0 Å². The van der Waals surface area contributed by atoms with Gasteiger partial charge in [0.25, 0.3) is 0 Å². The van der Waals surface area contributed by atoms with E-state index in [0.717, 1.165) is 42.6 Å². The number of hydrogen-bond acceptors (Lipinski definition) is 4. The van der Waals surface area contributed by atoms with Gasteiger partial charge < -0.3 is 10.1 Å². The van der Waals surface area contributed by atoms with Crippen LogP contribution in [0.1, 0.15) is 49.3 Å². The van der Waals surface area contributed by atoms with Crippen molar-refractivity contribution in [2.45, 2.75) is 44.2 Å². The Bertz CT molecular complexity index is 787. The zero-order valence-electron chi connectivity index (χ0n) is 16.8. The number of urea groups is 1. The van der Waals surface area contributed by atoms with Crippen molar-refractivity contribution in [3.8, 4) is 5.75 Å². The predicted molar refractivity (Wildman–Crippen MR) is 113 cm³/mol. The van der Waals surface area contributed by atoms with E-state index in [4.69, 9.17) is 4.74 Å². The lowest BCUT2D eigenvalue weighted by molar-refractivity contribution is -0.119. The topological polar surface area (TPSA) is 79.5 Å². The molecule has 0 saturated heterocycles. The Morgan fingerprint density at radius 1 is 0.966 bits per heavy atom. The number of benzene rings is 2. The molecule has 1 saturated carbocycles. The molecule has 0 aliphatic heterocycles. The van der Waals surface area contributed by atoms with Crippen LogP contribution in [0.3, 0.4) is 0 Å². The first-order valence-corrected chi connectivity index (χ1v) is 10.2. The van der Waals surface area contributed by atoms with Gasteiger partial charge in [0.05, 0.1) is 19.7 Å². The first kappa shape index (κ1) is 20.9. The fraction of sp³-hybridized carbons (Fsp3) is 0.391.